The minimum atomic E-state index is -0.0844. The van der Waals surface area contributed by atoms with Crippen molar-refractivity contribution in [3.8, 4) is 0 Å². The van der Waals surface area contributed by atoms with Gasteiger partial charge in [-0.3, -0.25) is 9.59 Å². The van der Waals surface area contributed by atoms with Crippen LogP contribution < -0.4 is 5.32 Å². The highest BCUT2D eigenvalue weighted by Crippen LogP contribution is 2.21. The van der Waals surface area contributed by atoms with Crippen molar-refractivity contribution in [3.63, 3.8) is 0 Å². The largest absolute Gasteiger partial charge is 0.462 e. The lowest BCUT2D eigenvalue weighted by atomic mass is 9.93. The Balaban J connectivity index is 1.52. The molecule has 136 valence electrons. The average molecular weight is 344 g/mol. The fourth-order valence-corrected chi connectivity index (χ4v) is 3.76. The molecular weight excluding hydrogens is 316 g/mol. The van der Waals surface area contributed by atoms with Crippen molar-refractivity contribution in [2.24, 2.45) is 5.92 Å². The third kappa shape index (κ3) is 4.97. The van der Waals surface area contributed by atoms with Gasteiger partial charge in [0.2, 0.25) is 11.8 Å². The van der Waals surface area contributed by atoms with Crippen molar-refractivity contribution in [1.29, 1.82) is 0 Å². The van der Waals surface area contributed by atoms with Gasteiger partial charge in [-0.05, 0) is 50.8 Å². The van der Waals surface area contributed by atoms with Crippen molar-refractivity contribution >= 4 is 17.9 Å². The van der Waals surface area contributed by atoms with Crippen LogP contribution in [0.1, 0.15) is 56.5 Å². The molecular formula is C20H28N2O3. The highest BCUT2D eigenvalue weighted by Gasteiger charge is 2.29. The summed E-state index contributed by atoms with van der Waals surface area (Å²) in [6, 6.07) is 4.04. The Labute approximate surface area is 149 Å². The molecule has 5 heteroatoms. The standard InChI is InChI=1S/C20H28N2O3/c1-15-9-10-18(25-15)11-12-19(23)22-13-5-6-16(14-22)20(24)21-17-7-3-2-4-8-17/h9-12,16-17H,2-8,13-14H2,1H3,(H,21,24)/b12-11+. The van der Waals surface area contributed by atoms with Gasteiger partial charge >= 0.3 is 0 Å². The van der Waals surface area contributed by atoms with Gasteiger partial charge < -0.3 is 14.6 Å². The molecule has 0 bridgehead atoms. The maximum Gasteiger partial charge on any atom is 0.246 e. The number of nitrogens with zero attached hydrogens (tertiary/aromatic N) is 1. The predicted octanol–water partition coefficient (Wildman–Crippen LogP) is 3.29. The Bertz CT molecular complexity index is 629. The summed E-state index contributed by atoms with van der Waals surface area (Å²) >= 11 is 0. The second kappa shape index (κ2) is 8.37. The van der Waals surface area contributed by atoms with E-state index < -0.39 is 0 Å². The third-order valence-electron chi connectivity index (χ3n) is 5.21. The number of rotatable bonds is 4. The van der Waals surface area contributed by atoms with E-state index in [-0.39, 0.29) is 17.7 Å². The van der Waals surface area contributed by atoms with Crippen molar-refractivity contribution in [2.75, 3.05) is 13.1 Å². The number of nitrogens with one attached hydrogen (secondary N) is 1. The van der Waals surface area contributed by atoms with E-state index in [4.69, 9.17) is 4.42 Å². The van der Waals surface area contributed by atoms with Gasteiger partial charge in [0.25, 0.3) is 0 Å². The summed E-state index contributed by atoms with van der Waals surface area (Å²) < 4.78 is 5.44. The number of hydrogen-bond donors (Lipinski definition) is 1. The van der Waals surface area contributed by atoms with Crippen LogP contribution in [0.4, 0.5) is 0 Å². The van der Waals surface area contributed by atoms with Crippen LogP contribution in [-0.4, -0.2) is 35.8 Å². The van der Waals surface area contributed by atoms with Gasteiger partial charge in [-0.25, -0.2) is 0 Å². The summed E-state index contributed by atoms with van der Waals surface area (Å²) in [5, 5.41) is 3.20. The molecule has 5 nitrogen and oxygen atoms in total. The van der Waals surface area contributed by atoms with E-state index in [1.165, 1.54) is 19.3 Å². The topological polar surface area (TPSA) is 62.6 Å². The second-order valence-corrected chi connectivity index (χ2v) is 7.25. The Morgan fingerprint density at radius 1 is 1.16 bits per heavy atom. The van der Waals surface area contributed by atoms with Gasteiger partial charge in [-0.1, -0.05) is 19.3 Å². The van der Waals surface area contributed by atoms with Crippen LogP contribution in [-0.2, 0) is 9.59 Å². The molecule has 1 saturated heterocycles. The first-order valence-corrected chi connectivity index (χ1v) is 9.45. The van der Waals surface area contributed by atoms with Crippen molar-refractivity contribution in [3.05, 3.63) is 29.7 Å². The van der Waals surface area contributed by atoms with E-state index in [1.807, 2.05) is 19.1 Å². The summed E-state index contributed by atoms with van der Waals surface area (Å²) in [7, 11) is 0. The highest BCUT2D eigenvalue weighted by atomic mass is 16.3. The molecule has 0 spiro atoms. The van der Waals surface area contributed by atoms with Gasteiger partial charge in [0.1, 0.15) is 11.5 Å². The van der Waals surface area contributed by atoms with Gasteiger partial charge in [0.05, 0.1) is 5.92 Å². The van der Waals surface area contributed by atoms with Crippen molar-refractivity contribution in [2.45, 2.75) is 57.9 Å². The lowest BCUT2D eigenvalue weighted by Crippen LogP contribution is -2.47. The molecule has 0 aromatic carbocycles. The molecule has 2 heterocycles. The predicted molar refractivity (Wildman–Crippen MR) is 96.8 cm³/mol. The summed E-state index contributed by atoms with van der Waals surface area (Å²) in [5.74, 6) is 1.48. The lowest BCUT2D eigenvalue weighted by Gasteiger charge is -2.33. The summed E-state index contributed by atoms with van der Waals surface area (Å²) in [6.45, 7) is 3.10. The number of carbonyl (C=O) groups is 2. The number of carbonyl (C=O) groups excluding carboxylic acids is 2. The molecule has 0 radical (unpaired) electrons. The zero-order valence-corrected chi connectivity index (χ0v) is 15.0. The first kappa shape index (κ1) is 17.8. The normalized spacial score (nSPS) is 22.3. The fraction of sp³-hybridized carbons (Fsp3) is 0.600. The molecule has 1 aromatic rings. The van der Waals surface area contributed by atoms with E-state index >= 15 is 0 Å². The summed E-state index contributed by atoms with van der Waals surface area (Å²) in [4.78, 5) is 26.7. The Morgan fingerprint density at radius 3 is 2.68 bits per heavy atom. The van der Waals surface area contributed by atoms with Gasteiger partial charge in [-0.15, -0.1) is 0 Å². The number of likely N-dealkylation sites (tertiary alicyclic amines) is 1. The van der Waals surface area contributed by atoms with E-state index in [9.17, 15) is 9.59 Å². The number of furan rings is 1. The number of aryl methyl sites for hydroxylation is 1. The second-order valence-electron chi connectivity index (χ2n) is 7.25. The molecule has 1 saturated carbocycles. The molecule has 2 amide bonds. The fourth-order valence-electron chi connectivity index (χ4n) is 3.76. The monoisotopic (exact) mass is 344 g/mol. The minimum absolute atomic E-state index is 0.0516. The Kier molecular flexibility index (Phi) is 5.95. The van der Waals surface area contributed by atoms with Crippen LogP contribution in [0, 0.1) is 12.8 Å². The van der Waals surface area contributed by atoms with Crippen LogP contribution in [0.15, 0.2) is 22.6 Å². The van der Waals surface area contributed by atoms with Gasteiger partial charge in [0, 0.05) is 25.2 Å². The SMILES string of the molecule is Cc1ccc(/C=C/C(=O)N2CCCC(C(=O)NC3CCCCC3)C2)o1. The zero-order valence-electron chi connectivity index (χ0n) is 15.0. The molecule has 1 aliphatic heterocycles. The molecule has 2 fully saturated rings. The van der Waals surface area contributed by atoms with Crippen LogP contribution in [0.25, 0.3) is 6.08 Å². The van der Waals surface area contributed by atoms with E-state index in [2.05, 4.69) is 5.32 Å². The third-order valence-corrected chi connectivity index (χ3v) is 5.21. The number of piperidine rings is 1. The molecule has 3 rings (SSSR count). The molecule has 1 N–H and O–H groups in total. The van der Waals surface area contributed by atoms with E-state index in [1.54, 1.807) is 17.1 Å². The lowest BCUT2D eigenvalue weighted by molar-refractivity contribution is -0.132. The van der Waals surface area contributed by atoms with Crippen molar-refractivity contribution < 1.29 is 14.0 Å². The smallest absolute Gasteiger partial charge is 0.246 e. The first-order valence-electron chi connectivity index (χ1n) is 9.45. The molecule has 1 aromatic heterocycles. The first-order chi connectivity index (χ1) is 12.1. The van der Waals surface area contributed by atoms with Crippen LogP contribution in [0.3, 0.4) is 0 Å². The van der Waals surface area contributed by atoms with Crippen molar-refractivity contribution in [1.82, 2.24) is 10.2 Å². The van der Waals surface area contributed by atoms with E-state index in [0.29, 0.717) is 24.9 Å². The quantitative estimate of drug-likeness (QED) is 0.853. The maximum atomic E-state index is 12.5. The Hall–Kier alpha value is -2.04. The minimum Gasteiger partial charge on any atom is -0.462 e. The Morgan fingerprint density at radius 2 is 1.96 bits per heavy atom. The molecule has 25 heavy (non-hydrogen) atoms. The molecule has 1 aliphatic carbocycles. The summed E-state index contributed by atoms with van der Waals surface area (Å²) in [5.41, 5.74) is 0. The average Bonchev–Trinajstić information content (AvgIpc) is 3.06. The van der Waals surface area contributed by atoms with Gasteiger partial charge in [-0.2, -0.15) is 0 Å². The maximum absolute atomic E-state index is 12.5. The summed E-state index contributed by atoms with van der Waals surface area (Å²) in [6.07, 6.45) is 10.8. The molecule has 1 atom stereocenters. The number of amides is 2. The van der Waals surface area contributed by atoms with Gasteiger partial charge in [0.15, 0.2) is 0 Å². The molecule has 2 aliphatic rings. The van der Waals surface area contributed by atoms with E-state index in [0.717, 1.165) is 31.4 Å². The van der Waals surface area contributed by atoms with Crippen LogP contribution in [0.2, 0.25) is 0 Å². The molecule has 1 unspecified atom stereocenters. The zero-order chi connectivity index (χ0) is 17.6. The highest BCUT2D eigenvalue weighted by molar-refractivity contribution is 5.92. The number of hydrogen-bond acceptors (Lipinski definition) is 3. The van der Waals surface area contributed by atoms with Crippen LogP contribution >= 0.6 is 0 Å². The van der Waals surface area contributed by atoms with Crippen LogP contribution in [0.5, 0.6) is 0 Å².